The minimum Gasteiger partial charge on any atom is -0.378 e. The summed E-state index contributed by atoms with van der Waals surface area (Å²) in [4.78, 5) is 36.1. The number of aliphatic hydroxyl groups is 1. The summed E-state index contributed by atoms with van der Waals surface area (Å²) in [5.74, 6) is 0.769. The Morgan fingerprint density at radius 3 is 2.72 bits per heavy atom. The molecule has 0 bridgehead atoms. The molecule has 5 aromatic heterocycles. The molecule has 6 rings (SSSR count). The molecule has 0 aliphatic carbocycles. The molecule has 0 spiro atoms. The fourth-order valence-corrected chi connectivity index (χ4v) is 4.76. The lowest BCUT2D eigenvalue weighted by Gasteiger charge is -2.26. The van der Waals surface area contributed by atoms with E-state index in [-0.39, 0.29) is 5.91 Å². The number of carbonyl (C=O) groups excluding carboxylic acids is 1. The number of nitrogens with one attached hydrogen (secondary N) is 3. The number of pyridine rings is 3. The molecule has 0 radical (unpaired) electrons. The summed E-state index contributed by atoms with van der Waals surface area (Å²) in [6.45, 7) is 6.23. The van der Waals surface area contributed by atoms with Crippen LogP contribution < -0.4 is 5.32 Å². The SMILES string of the molecule is CC(C)CC(O)Nc1cncc(-c2cnc3n[nH]c(-c4nc5c(C(=O)N6CCOCC6)cncc5[nH]4)c3c2)c1. The molecule has 1 atom stereocenters. The van der Waals surface area contributed by atoms with Gasteiger partial charge in [0.05, 0.1) is 47.8 Å². The van der Waals surface area contributed by atoms with Crippen LogP contribution in [0.5, 0.6) is 0 Å². The van der Waals surface area contributed by atoms with Gasteiger partial charge in [0.2, 0.25) is 0 Å². The molecule has 39 heavy (non-hydrogen) atoms. The highest BCUT2D eigenvalue weighted by Gasteiger charge is 2.23. The number of imidazole rings is 1. The molecule has 1 unspecified atom stereocenters. The van der Waals surface area contributed by atoms with Crippen LogP contribution in [0.3, 0.4) is 0 Å². The first-order valence-electron chi connectivity index (χ1n) is 12.9. The van der Waals surface area contributed by atoms with Gasteiger partial charge in [-0.25, -0.2) is 9.97 Å². The third-order valence-electron chi connectivity index (χ3n) is 6.67. The maximum absolute atomic E-state index is 13.2. The van der Waals surface area contributed by atoms with Crippen LogP contribution in [0.4, 0.5) is 5.69 Å². The molecule has 1 fully saturated rings. The van der Waals surface area contributed by atoms with E-state index < -0.39 is 6.23 Å². The fraction of sp³-hybridized carbons (Fsp3) is 0.333. The number of aliphatic hydroxyl groups excluding tert-OH is 1. The zero-order valence-electron chi connectivity index (χ0n) is 21.7. The normalized spacial score (nSPS) is 14.8. The topological polar surface area (TPSA) is 158 Å². The number of morpholine rings is 1. The van der Waals surface area contributed by atoms with E-state index in [0.29, 0.717) is 72.4 Å². The molecule has 5 aromatic rings. The molecular weight excluding hydrogens is 498 g/mol. The van der Waals surface area contributed by atoms with Crippen LogP contribution in [0.15, 0.2) is 43.1 Å². The van der Waals surface area contributed by atoms with Crippen LogP contribution in [-0.4, -0.2) is 83.6 Å². The number of rotatable bonds is 7. The van der Waals surface area contributed by atoms with Crippen molar-refractivity contribution in [2.75, 3.05) is 31.6 Å². The van der Waals surface area contributed by atoms with Crippen LogP contribution in [0.2, 0.25) is 0 Å². The molecule has 0 saturated carbocycles. The van der Waals surface area contributed by atoms with Gasteiger partial charge in [-0.15, -0.1) is 0 Å². The Bertz CT molecular complexity index is 1640. The van der Waals surface area contributed by atoms with Gasteiger partial charge in [-0.1, -0.05) is 13.8 Å². The van der Waals surface area contributed by atoms with E-state index in [1.54, 1.807) is 35.9 Å². The number of carbonyl (C=O) groups is 1. The predicted octanol–water partition coefficient (Wildman–Crippen LogP) is 3.21. The standard InChI is InChI=1S/C27H29N9O3/c1-15(2)7-22(37)31-18-8-16(10-28-12-18)17-9-19-24(34-35-25(19)30-11-17)26-32-21-14-29-13-20(23(21)33-26)27(38)36-3-5-39-6-4-36/h8-15,22,31,37H,3-7H2,1-2H3,(H,32,33)(H,30,34,35). The summed E-state index contributed by atoms with van der Waals surface area (Å²) < 4.78 is 5.38. The second-order valence-electron chi connectivity index (χ2n) is 10.0. The van der Waals surface area contributed by atoms with Crippen LogP contribution in [0.1, 0.15) is 30.6 Å². The Balaban J connectivity index is 1.33. The minimum atomic E-state index is -0.661. The number of hydrogen-bond donors (Lipinski definition) is 4. The molecular formula is C27H29N9O3. The highest BCUT2D eigenvalue weighted by atomic mass is 16.5. The summed E-state index contributed by atoms with van der Waals surface area (Å²) in [7, 11) is 0. The van der Waals surface area contributed by atoms with Gasteiger partial charge < -0.3 is 25.0 Å². The van der Waals surface area contributed by atoms with Crippen molar-refractivity contribution in [3.63, 3.8) is 0 Å². The number of anilines is 1. The van der Waals surface area contributed by atoms with Gasteiger partial charge in [0, 0.05) is 42.8 Å². The minimum absolute atomic E-state index is 0.118. The Morgan fingerprint density at radius 1 is 1.10 bits per heavy atom. The number of aromatic amines is 2. The van der Waals surface area contributed by atoms with Gasteiger partial charge in [0.25, 0.3) is 5.91 Å². The Hall–Kier alpha value is -4.42. The summed E-state index contributed by atoms with van der Waals surface area (Å²) in [6, 6.07) is 3.90. The fourth-order valence-electron chi connectivity index (χ4n) is 4.76. The molecule has 1 amide bonds. The van der Waals surface area contributed by atoms with Crippen molar-refractivity contribution >= 4 is 33.7 Å². The van der Waals surface area contributed by atoms with E-state index in [9.17, 15) is 9.90 Å². The summed E-state index contributed by atoms with van der Waals surface area (Å²) in [5, 5.41) is 21.5. The predicted molar refractivity (Wildman–Crippen MR) is 146 cm³/mol. The Kier molecular flexibility index (Phi) is 6.63. The number of amides is 1. The molecule has 1 aliphatic rings. The van der Waals surface area contributed by atoms with Crippen molar-refractivity contribution in [2.24, 2.45) is 5.92 Å². The van der Waals surface area contributed by atoms with Crippen molar-refractivity contribution in [1.82, 2.24) is 40.0 Å². The van der Waals surface area contributed by atoms with Gasteiger partial charge in [0.15, 0.2) is 11.5 Å². The van der Waals surface area contributed by atoms with Crippen LogP contribution in [0.25, 0.3) is 44.7 Å². The first-order chi connectivity index (χ1) is 19.0. The third kappa shape index (κ3) is 5.03. The molecule has 4 N–H and O–H groups in total. The lowest BCUT2D eigenvalue weighted by Crippen LogP contribution is -2.40. The number of aromatic nitrogens is 7. The van der Waals surface area contributed by atoms with Gasteiger partial charge in [0.1, 0.15) is 17.4 Å². The van der Waals surface area contributed by atoms with E-state index in [0.717, 1.165) is 22.2 Å². The van der Waals surface area contributed by atoms with E-state index in [1.165, 1.54) is 0 Å². The van der Waals surface area contributed by atoms with Gasteiger partial charge in [-0.3, -0.25) is 19.9 Å². The molecule has 200 valence electrons. The Morgan fingerprint density at radius 2 is 1.90 bits per heavy atom. The highest BCUT2D eigenvalue weighted by molar-refractivity contribution is 6.05. The molecule has 1 aliphatic heterocycles. The molecule has 12 nitrogen and oxygen atoms in total. The lowest BCUT2D eigenvalue weighted by atomic mass is 10.1. The van der Waals surface area contributed by atoms with Crippen LogP contribution in [-0.2, 0) is 4.74 Å². The number of H-pyrrole nitrogens is 2. The van der Waals surface area contributed by atoms with Gasteiger partial charge in [-0.05, 0) is 24.5 Å². The zero-order valence-corrected chi connectivity index (χ0v) is 21.7. The quantitative estimate of drug-likeness (QED) is 0.233. The maximum atomic E-state index is 13.2. The second-order valence-corrected chi connectivity index (χ2v) is 10.0. The van der Waals surface area contributed by atoms with E-state index >= 15 is 0 Å². The number of hydrogen-bond acceptors (Lipinski definition) is 9. The van der Waals surface area contributed by atoms with E-state index in [1.807, 2.05) is 12.1 Å². The van der Waals surface area contributed by atoms with Crippen molar-refractivity contribution in [1.29, 1.82) is 0 Å². The summed E-state index contributed by atoms with van der Waals surface area (Å²) >= 11 is 0. The van der Waals surface area contributed by atoms with Crippen molar-refractivity contribution in [2.45, 2.75) is 26.5 Å². The number of ether oxygens (including phenoxy) is 1. The summed E-state index contributed by atoms with van der Waals surface area (Å²) in [6.07, 6.45) is 8.34. The second kappa shape index (κ2) is 10.4. The Labute approximate surface area is 223 Å². The van der Waals surface area contributed by atoms with E-state index in [2.05, 4.69) is 49.3 Å². The highest BCUT2D eigenvalue weighted by Crippen LogP contribution is 2.30. The number of fused-ring (bicyclic) bond motifs is 2. The van der Waals surface area contributed by atoms with Crippen LogP contribution in [0, 0.1) is 5.92 Å². The first-order valence-corrected chi connectivity index (χ1v) is 12.9. The first kappa shape index (κ1) is 24.9. The third-order valence-corrected chi connectivity index (χ3v) is 6.67. The smallest absolute Gasteiger partial charge is 0.257 e. The number of nitrogens with zero attached hydrogens (tertiary/aromatic N) is 6. The van der Waals surface area contributed by atoms with Crippen molar-refractivity contribution < 1.29 is 14.6 Å². The maximum Gasteiger partial charge on any atom is 0.257 e. The van der Waals surface area contributed by atoms with Gasteiger partial charge in [-0.2, -0.15) is 5.10 Å². The summed E-state index contributed by atoms with van der Waals surface area (Å²) in [5.41, 5.74) is 5.21. The van der Waals surface area contributed by atoms with Gasteiger partial charge >= 0.3 is 0 Å². The lowest BCUT2D eigenvalue weighted by molar-refractivity contribution is 0.0304. The average Bonchev–Trinajstić information content (AvgIpc) is 3.56. The monoisotopic (exact) mass is 527 g/mol. The van der Waals surface area contributed by atoms with Crippen LogP contribution >= 0.6 is 0 Å². The largest absolute Gasteiger partial charge is 0.378 e. The molecule has 1 saturated heterocycles. The zero-order chi connectivity index (χ0) is 26.9. The average molecular weight is 528 g/mol. The van der Waals surface area contributed by atoms with Crippen molar-refractivity contribution in [3.05, 3.63) is 48.7 Å². The molecule has 12 heteroatoms. The van der Waals surface area contributed by atoms with E-state index in [4.69, 9.17) is 9.72 Å². The van der Waals surface area contributed by atoms with Crippen molar-refractivity contribution in [3.8, 4) is 22.6 Å². The molecule has 6 heterocycles. The molecule has 0 aromatic carbocycles.